The third-order valence-corrected chi connectivity index (χ3v) is 3.41. The Balaban J connectivity index is 2.59. The molecule has 1 aliphatic rings. The zero-order valence-electron chi connectivity index (χ0n) is 11.2. The number of rotatable bonds is 6. The molecule has 0 aliphatic carbocycles. The van der Waals surface area contributed by atoms with Crippen molar-refractivity contribution in [2.75, 3.05) is 19.6 Å². The van der Waals surface area contributed by atoms with Gasteiger partial charge in [-0.2, -0.15) is 0 Å². The summed E-state index contributed by atoms with van der Waals surface area (Å²) in [5.41, 5.74) is 5.96. The number of amides is 1. The van der Waals surface area contributed by atoms with E-state index < -0.39 is 0 Å². The van der Waals surface area contributed by atoms with Crippen molar-refractivity contribution in [3.05, 3.63) is 0 Å². The number of hydrogen-bond acceptors (Lipinski definition) is 3. The molecule has 1 atom stereocenters. The minimum absolute atomic E-state index is 0.153. The number of nitrogens with zero attached hydrogens (tertiary/aromatic N) is 1. The van der Waals surface area contributed by atoms with Crippen molar-refractivity contribution in [1.29, 1.82) is 0 Å². The van der Waals surface area contributed by atoms with E-state index in [1.54, 1.807) is 0 Å². The van der Waals surface area contributed by atoms with Crippen LogP contribution in [0, 0.1) is 0 Å². The van der Waals surface area contributed by atoms with E-state index in [4.69, 9.17) is 5.73 Å². The highest BCUT2D eigenvalue weighted by molar-refractivity contribution is 5.81. The summed E-state index contributed by atoms with van der Waals surface area (Å²) < 4.78 is 0. The first-order valence-electron chi connectivity index (χ1n) is 6.97. The molecule has 0 spiro atoms. The molecular formula is C13H27N3O. The normalized spacial score (nSPS) is 19.0. The first-order chi connectivity index (χ1) is 8.20. The van der Waals surface area contributed by atoms with Crippen LogP contribution < -0.4 is 11.1 Å². The third kappa shape index (κ3) is 4.28. The lowest BCUT2D eigenvalue weighted by Gasteiger charge is -2.36. The number of hydrogen-bond donors (Lipinski definition) is 2. The summed E-state index contributed by atoms with van der Waals surface area (Å²) in [4.78, 5) is 14.3. The Kier molecular flexibility index (Phi) is 6.52. The minimum atomic E-state index is -0.304. The van der Waals surface area contributed by atoms with E-state index in [0.29, 0.717) is 6.04 Å². The van der Waals surface area contributed by atoms with E-state index in [1.165, 1.54) is 0 Å². The molecular weight excluding hydrogens is 214 g/mol. The molecule has 0 aromatic carbocycles. The van der Waals surface area contributed by atoms with Gasteiger partial charge in [-0.1, -0.05) is 20.3 Å². The fourth-order valence-corrected chi connectivity index (χ4v) is 2.48. The number of nitrogens with one attached hydrogen (secondary N) is 1. The number of carbonyl (C=O) groups excluding carboxylic acids is 1. The number of nitrogens with two attached hydrogens (primary N) is 1. The van der Waals surface area contributed by atoms with Crippen LogP contribution in [0.4, 0.5) is 0 Å². The van der Waals surface area contributed by atoms with E-state index in [2.05, 4.69) is 19.2 Å². The summed E-state index contributed by atoms with van der Waals surface area (Å²) >= 11 is 0. The molecule has 0 aromatic heterocycles. The predicted molar refractivity (Wildman–Crippen MR) is 70.8 cm³/mol. The van der Waals surface area contributed by atoms with E-state index >= 15 is 0 Å². The van der Waals surface area contributed by atoms with Crippen molar-refractivity contribution in [3.63, 3.8) is 0 Å². The quantitative estimate of drug-likeness (QED) is 0.732. The molecule has 0 bridgehead atoms. The van der Waals surface area contributed by atoms with Gasteiger partial charge in [0.05, 0.1) is 6.04 Å². The molecule has 0 saturated carbocycles. The summed E-state index contributed by atoms with van der Waals surface area (Å²) in [5.74, 6) is 0.153. The highest BCUT2D eigenvalue weighted by Crippen LogP contribution is 2.14. The van der Waals surface area contributed by atoms with Crippen LogP contribution in [0.2, 0.25) is 0 Å². The Morgan fingerprint density at radius 2 is 2.00 bits per heavy atom. The van der Waals surface area contributed by atoms with E-state index in [0.717, 1.165) is 51.7 Å². The molecule has 4 heteroatoms. The third-order valence-electron chi connectivity index (χ3n) is 3.41. The lowest BCUT2D eigenvalue weighted by Crippen LogP contribution is -2.51. The Labute approximate surface area is 105 Å². The fraction of sp³-hybridized carbons (Fsp3) is 0.923. The Hall–Kier alpha value is -0.610. The largest absolute Gasteiger partial charge is 0.338 e. The van der Waals surface area contributed by atoms with Crippen LogP contribution in [0.3, 0.4) is 0 Å². The highest BCUT2D eigenvalue weighted by atomic mass is 16.2. The van der Waals surface area contributed by atoms with Gasteiger partial charge in [0.15, 0.2) is 0 Å². The minimum Gasteiger partial charge on any atom is -0.338 e. The molecule has 1 saturated heterocycles. The SMILES string of the molecule is CCCC(N)C(=O)N(CCC)C1CCNCC1. The number of piperidine rings is 1. The molecule has 0 aromatic rings. The van der Waals surface area contributed by atoms with Crippen LogP contribution in [0.5, 0.6) is 0 Å². The maximum atomic E-state index is 12.3. The van der Waals surface area contributed by atoms with Crippen LogP contribution in [0.1, 0.15) is 46.0 Å². The maximum absolute atomic E-state index is 12.3. The molecule has 0 radical (unpaired) electrons. The topological polar surface area (TPSA) is 58.4 Å². The smallest absolute Gasteiger partial charge is 0.239 e. The molecule has 4 nitrogen and oxygen atoms in total. The predicted octanol–water partition coefficient (Wildman–Crippen LogP) is 1.10. The van der Waals surface area contributed by atoms with Crippen LogP contribution >= 0.6 is 0 Å². The molecule has 1 amide bonds. The zero-order chi connectivity index (χ0) is 12.7. The standard InChI is InChI=1S/C13H27N3O/c1-3-5-12(14)13(17)16(10-4-2)11-6-8-15-9-7-11/h11-12,15H,3-10,14H2,1-2H3. The molecule has 1 aliphatic heterocycles. The first-order valence-corrected chi connectivity index (χ1v) is 6.97. The molecule has 1 heterocycles. The maximum Gasteiger partial charge on any atom is 0.239 e. The average Bonchev–Trinajstić information content (AvgIpc) is 2.36. The van der Waals surface area contributed by atoms with Gasteiger partial charge in [-0.15, -0.1) is 0 Å². The Morgan fingerprint density at radius 1 is 1.35 bits per heavy atom. The summed E-state index contributed by atoms with van der Waals surface area (Å²) in [7, 11) is 0. The fourth-order valence-electron chi connectivity index (χ4n) is 2.48. The molecule has 17 heavy (non-hydrogen) atoms. The lowest BCUT2D eigenvalue weighted by molar-refractivity contribution is -0.135. The highest BCUT2D eigenvalue weighted by Gasteiger charge is 2.27. The zero-order valence-corrected chi connectivity index (χ0v) is 11.2. The van der Waals surface area contributed by atoms with E-state index in [1.807, 2.05) is 4.90 Å². The van der Waals surface area contributed by atoms with Crippen molar-refractivity contribution >= 4 is 5.91 Å². The molecule has 3 N–H and O–H groups in total. The van der Waals surface area contributed by atoms with Crippen molar-refractivity contribution in [2.45, 2.75) is 58.0 Å². The van der Waals surface area contributed by atoms with Gasteiger partial charge in [0.25, 0.3) is 0 Å². The second kappa shape index (κ2) is 7.67. The second-order valence-corrected chi connectivity index (χ2v) is 4.91. The van der Waals surface area contributed by atoms with Crippen LogP contribution in [0.15, 0.2) is 0 Å². The monoisotopic (exact) mass is 241 g/mol. The Bertz CT molecular complexity index is 227. The van der Waals surface area contributed by atoms with Gasteiger partial charge < -0.3 is 16.0 Å². The van der Waals surface area contributed by atoms with Gasteiger partial charge in [0.2, 0.25) is 5.91 Å². The average molecular weight is 241 g/mol. The van der Waals surface area contributed by atoms with Gasteiger partial charge in [-0.05, 0) is 38.8 Å². The van der Waals surface area contributed by atoms with Crippen LogP contribution in [-0.2, 0) is 4.79 Å². The summed E-state index contributed by atoms with van der Waals surface area (Å²) in [6, 6.07) is 0.0908. The second-order valence-electron chi connectivity index (χ2n) is 4.91. The van der Waals surface area contributed by atoms with Crippen LogP contribution in [-0.4, -0.2) is 42.5 Å². The molecule has 1 fully saturated rings. The van der Waals surface area contributed by atoms with Crippen molar-refractivity contribution < 1.29 is 4.79 Å². The molecule has 1 unspecified atom stereocenters. The molecule has 1 rings (SSSR count). The van der Waals surface area contributed by atoms with Crippen LogP contribution in [0.25, 0.3) is 0 Å². The van der Waals surface area contributed by atoms with Crippen molar-refractivity contribution in [3.8, 4) is 0 Å². The summed E-state index contributed by atoms with van der Waals surface area (Å²) in [6.45, 7) is 7.07. The van der Waals surface area contributed by atoms with Gasteiger partial charge in [-0.3, -0.25) is 4.79 Å². The summed E-state index contributed by atoms with van der Waals surface area (Å²) in [6.07, 6.45) is 4.90. The van der Waals surface area contributed by atoms with Gasteiger partial charge in [-0.25, -0.2) is 0 Å². The van der Waals surface area contributed by atoms with Gasteiger partial charge >= 0.3 is 0 Å². The van der Waals surface area contributed by atoms with Gasteiger partial charge in [0, 0.05) is 12.6 Å². The van der Waals surface area contributed by atoms with Crippen molar-refractivity contribution in [1.82, 2.24) is 10.2 Å². The van der Waals surface area contributed by atoms with E-state index in [-0.39, 0.29) is 11.9 Å². The number of carbonyl (C=O) groups is 1. The Morgan fingerprint density at radius 3 is 2.53 bits per heavy atom. The molecule has 100 valence electrons. The first kappa shape index (κ1) is 14.5. The lowest BCUT2D eigenvalue weighted by atomic mass is 10.0. The van der Waals surface area contributed by atoms with E-state index in [9.17, 15) is 4.79 Å². The van der Waals surface area contributed by atoms with Gasteiger partial charge in [0.1, 0.15) is 0 Å². The summed E-state index contributed by atoms with van der Waals surface area (Å²) in [5, 5.41) is 3.34. The van der Waals surface area contributed by atoms with Crippen molar-refractivity contribution in [2.24, 2.45) is 5.73 Å².